The van der Waals surface area contributed by atoms with Gasteiger partial charge in [0.1, 0.15) is 19.3 Å². The van der Waals surface area contributed by atoms with Crippen LogP contribution in [0, 0.1) is 0 Å². The molecule has 0 amide bonds. The van der Waals surface area contributed by atoms with Gasteiger partial charge >= 0.3 is 39.5 Å². The van der Waals surface area contributed by atoms with Crippen LogP contribution in [0.4, 0.5) is 0 Å². The molecular formula is C87H170O17P2. The molecule has 0 radical (unpaired) electrons. The van der Waals surface area contributed by atoms with Crippen LogP contribution in [0.25, 0.3) is 0 Å². The lowest BCUT2D eigenvalue weighted by molar-refractivity contribution is -0.161. The maximum atomic E-state index is 13.1. The van der Waals surface area contributed by atoms with Gasteiger partial charge < -0.3 is 33.8 Å². The van der Waals surface area contributed by atoms with Crippen LogP contribution in [-0.4, -0.2) is 96.7 Å². The highest BCUT2D eigenvalue weighted by Gasteiger charge is 2.30. The molecule has 19 heteroatoms. The predicted molar refractivity (Wildman–Crippen MR) is 437 cm³/mol. The van der Waals surface area contributed by atoms with Gasteiger partial charge in [0.05, 0.1) is 26.4 Å². The molecule has 0 aromatic rings. The number of esters is 4. The molecule has 5 atom stereocenters. The van der Waals surface area contributed by atoms with E-state index in [0.717, 1.165) is 103 Å². The van der Waals surface area contributed by atoms with E-state index < -0.39 is 97.5 Å². The second-order valence-electron chi connectivity index (χ2n) is 31.3. The molecule has 0 aliphatic carbocycles. The lowest BCUT2D eigenvalue weighted by atomic mass is 10.0. The van der Waals surface area contributed by atoms with E-state index in [1.54, 1.807) is 0 Å². The zero-order valence-electron chi connectivity index (χ0n) is 69.4. The monoisotopic (exact) mass is 1550 g/mol. The summed E-state index contributed by atoms with van der Waals surface area (Å²) in [5.74, 6) is -2.10. The van der Waals surface area contributed by atoms with Crippen molar-refractivity contribution >= 4 is 39.5 Å². The molecule has 630 valence electrons. The number of carbonyl (C=O) groups is 4. The highest BCUT2D eigenvalue weighted by atomic mass is 31.2. The molecule has 0 aliphatic rings. The van der Waals surface area contributed by atoms with E-state index in [2.05, 4.69) is 27.7 Å². The smallest absolute Gasteiger partial charge is 0.462 e. The molecule has 0 fully saturated rings. The summed E-state index contributed by atoms with van der Waals surface area (Å²) in [5.41, 5.74) is 0. The van der Waals surface area contributed by atoms with Crippen molar-refractivity contribution in [1.82, 2.24) is 0 Å². The Labute approximate surface area is 651 Å². The van der Waals surface area contributed by atoms with Crippen LogP contribution >= 0.6 is 15.6 Å². The minimum absolute atomic E-state index is 0.109. The first kappa shape index (κ1) is 104. The fourth-order valence-corrected chi connectivity index (χ4v) is 15.3. The maximum absolute atomic E-state index is 13.1. The zero-order valence-corrected chi connectivity index (χ0v) is 71.2. The minimum Gasteiger partial charge on any atom is -0.462 e. The lowest BCUT2D eigenvalue weighted by Crippen LogP contribution is -2.30. The maximum Gasteiger partial charge on any atom is 0.472 e. The second kappa shape index (κ2) is 81.1. The summed E-state index contributed by atoms with van der Waals surface area (Å²) in [7, 11) is -9.92. The third-order valence-electron chi connectivity index (χ3n) is 20.6. The van der Waals surface area contributed by atoms with Crippen molar-refractivity contribution in [2.24, 2.45) is 0 Å². The lowest BCUT2D eigenvalue weighted by Gasteiger charge is -2.21. The van der Waals surface area contributed by atoms with Gasteiger partial charge in [-0.2, -0.15) is 0 Å². The number of carbonyl (C=O) groups excluding carboxylic acids is 4. The van der Waals surface area contributed by atoms with Crippen LogP contribution in [0.15, 0.2) is 0 Å². The standard InChI is InChI=1S/C87H170O17P2/c1-5-9-13-17-21-24-27-30-33-36-39-40-43-46-49-52-55-58-62-66-70-74-87(92)104-83(78-98-85(90)72-68-64-60-56-53-50-47-44-41-37-34-31-28-25-22-18-14-10-6-2)80-102-106(95,96)100-76-81(88)75-99-105(93,94)101-79-82(77-97-84(89)71-67-63-59-20-16-12-8-4)103-86(91)73-69-65-61-57-54-51-48-45-42-38-35-32-29-26-23-19-15-11-7-3/h81-83,88H,5-80H2,1-4H3,(H,93,94)(H,95,96)/t81-,82+,83+/m0/s1. The summed E-state index contributed by atoms with van der Waals surface area (Å²) in [6.45, 7) is 5.02. The summed E-state index contributed by atoms with van der Waals surface area (Å²) in [6.07, 6.45) is 76.7. The molecule has 17 nitrogen and oxygen atoms in total. The Bertz CT molecular complexity index is 2000. The summed E-state index contributed by atoms with van der Waals surface area (Å²) in [5, 5.41) is 10.7. The van der Waals surface area contributed by atoms with Crippen molar-refractivity contribution in [3.05, 3.63) is 0 Å². The highest BCUT2D eigenvalue weighted by molar-refractivity contribution is 7.47. The Kier molecular flexibility index (Phi) is 79.6. The number of unbranched alkanes of at least 4 members (excludes halogenated alkanes) is 62. The highest BCUT2D eigenvalue weighted by Crippen LogP contribution is 2.45. The van der Waals surface area contributed by atoms with E-state index >= 15 is 0 Å². The van der Waals surface area contributed by atoms with Gasteiger partial charge in [-0.05, 0) is 25.7 Å². The molecule has 0 saturated carbocycles. The minimum atomic E-state index is -4.96. The molecule has 2 unspecified atom stereocenters. The third-order valence-corrected chi connectivity index (χ3v) is 22.5. The van der Waals surface area contributed by atoms with E-state index in [4.69, 9.17) is 37.0 Å². The van der Waals surface area contributed by atoms with Gasteiger partial charge in [-0.25, -0.2) is 9.13 Å². The van der Waals surface area contributed by atoms with Crippen LogP contribution in [0.1, 0.15) is 477 Å². The van der Waals surface area contributed by atoms with Crippen molar-refractivity contribution in [3.63, 3.8) is 0 Å². The number of ether oxygens (including phenoxy) is 4. The van der Waals surface area contributed by atoms with Gasteiger partial charge in [0.15, 0.2) is 12.2 Å². The molecule has 0 aliphatic heterocycles. The van der Waals surface area contributed by atoms with Crippen LogP contribution in [-0.2, 0) is 65.4 Å². The Morgan fingerprint density at radius 1 is 0.226 bits per heavy atom. The summed E-state index contributed by atoms with van der Waals surface area (Å²) >= 11 is 0. The quantitative estimate of drug-likeness (QED) is 0.0222. The number of hydrogen-bond acceptors (Lipinski definition) is 15. The van der Waals surface area contributed by atoms with Crippen LogP contribution in [0.2, 0.25) is 0 Å². The predicted octanol–water partition coefficient (Wildman–Crippen LogP) is 26.9. The third kappa shape index (κ3) is 80.1. The molecule has 3 N–H and O–H groups in total. The molecule has 0 heterocycles. The molecule has 0 aromatic carbocycles. The fourth-order valence-electron chi connectivity index (χ4n) is 13.7. The molecule has 0 bridgehead atoms. The second-order valence-corrected chi connectivity index (χ2v) is 34.2. The molecule has 0 rings (SSSR count). The van der Waals surface area contributed by atoms with Crippen LogP contribution < -0.4 is 0 Å². The average Bonchev–Trinajstić information content (AvgIpc) is 0.909. The average molecular weight is 1550 g/mol. The van der Waals surface area contributed by atoms with Gasteiger partial charge in [0.25, 0.3) is 0 Å². The number of phosphoric acid groups is 2. The zero-order chi connectivity index (χ0) is 77.4. The van der Waals surface area contributed by atoms with E-state index in [1.807, 2.05) is 0 Å². The van der Waals surface area contributed by atoms with Gasteiger partial charge in [0.2, 0.25) is 0 Å². The number of aliphatic hydroxyl groups excluding tert-OH is 1. The summed E-state index contributed by atoms with van der Waals surface area (Å²) in [6, 6.07) is 0. The first-order valence-corrected chi connectivity index (χ1v) is 48.3. The summed E-state index contributed by atoms with van der Waals surface area (Å²) in [4.78, 5) is 73.1. The van der Waals surface area contributed by atoms with Gasteiger partial charge in [-0.3, -0.25) is 37.3 Å². The van der Waals surface area contributed by atoms with Crippen molar-refractivity contribution < 1.29 is 80.2 Å². The van der Waals surface area contributed by atoms with E-state index in [-0.39, 0.29) is 25.7 Å². The summed E-state index contributed by atoms with van der Waals surface area (Å²) < 4.78 is 68.8. The van der Waals surface area contributed by atoms with Crippen molar-refractivity contribution in [2.75, 3.05) is 39.6 Å². The number of hydrogen-bond donors (Lipinski definition) is 3. The normalized spacial score (nSPS) is 13.7. The number of rotatable bonds is 88. The van der Waals surface area contributed by atoms with Crippen molar-refractivity contribution in [3.8, 4) is 0 Å². The molecule has 106 heavy (non-hydrogen) atoms. The topological polar surface area (TPSA) is 237 Å². The molecule has 0 saturated heterocycles. The number of phosphoric ester groups is 2. The van der Waals surface area contributed by atoms with Gasteiger partial charge in [0, 0.05) is 25.7 Å². The molecule has 0 aromatic heterocycles. The Morgan fingerprint density at radius 2 is 0.377 bits per heavy atom. The molecular weight excluding hydrogens is 1380 g/mol. The Balaban J connectivity index is 5.15. The SMILES string of the molecule is CCCCCCCCCCCCCCCCCCCCCCCC(=O)O[C@H](COC(=O)CCCCCCCCCCCCCCCCCCCCC)COP(=O)(O)OC[C@@H](O)COP(=O)(O)OC[C@@H](COC(=O)CCCCCCCCC)OC(=O)CCCCCCCCCCCCCCCCCCCCC. The van der Waals surface area contributed by atoms with E-state index in [0.29, 0.717) is 25.7 Å². The fraction of sp³-hybridized carbons (Fsp3) is 0.954. The van der Waals surface area contributed by atoms with Crippen LogP contribution in [0.5, 0.6) is 0 Å². The Morgan fingerprint density at radius 3 is 0.557 bits per heavy atom. The van der Waals surface area contributed by atoms with Crippen LogP contribution in [0.3, 0.4) is 0 Å². The first-order chi connectivity index (χ1) is 51.7. The van der Waals surface area contributed by atoms with Crippen molar-refractivity contribution in [2.45, 2.75) is 495 Å². The largest absolute Gasteiger partial charge is 0.472 e. The van der Waals surface area contributed by atoms with Gasteiger partial charge in [-0.15, -0.1) is 0 Å². The number of aliphatic hydroxyl groups is 1. The Hall–Kier alpha value is -1.94. The van der Waals surface area contributed by atoms with E-state index in [1.165, 1.54) is 295 Å². The van der Waals surface area contributed by atoms with Crippen molar-refractivity contribution in [1.29, 1.82) is 0 Å². The van der Waals surface area contributed by atoms with E-state index in [9.17, 15) is 43.2 Å². The van der Waals surface area contributed by atoms with Gasteiger partial charge in [-0.1, -0.05) is 426 Å². The molecule has 0 spiro atoms. The first-order valence-electron chi connectivity index (χ1n) is 45.3.